The number of carbonyl (C=O) groups is 2. The van der Waals surface area contributed by atoms with E-state index in [0.29, 0.717) is 36.7 Å². The zero-order chi connectivity index (χ0) is 18.6. The molecule has 0 radical (unpaired) electrons. The van der Waals surface area contributed by atoms with Crippen molar-refractivity contribution in [2.24, 2.45) is 5.92 Å². The van der Waals surface area contributed by atoms with Crippen LogP contribution in [0.3, 0.4) is 0 Å². The highest BCUT2D eigenvalue weighted by atomic mass is 16.5. The molecule has 1 aromatic carbocycles. The molecule has 0 spiro atoms. The molecule has 138 valence electrons. The number of rotatable bonds is 7. The lowest BCUT2D eigenvalue weighted by molar-refractivity contribution is -0.139. The van der Waals surface area contributed by atoms with Crippen LogP contribution in [0.5, 0.6) is 11.5 Å². The van der Waals surface area contributed by atoms with Crippen LogP contribution in [0.15, 0.2) is 18.2 Å². The number of benzene rings is 1. The van der Waals surface area contributed by atoms with Crippen molar-refractivity contribution in [3.63, 3.8) is 0 Å². The summed E-state index contributed by atoms with van der Waals surface area (Å²) in [6.07, 6.45) is 0.604. The number of nitrogens with zero attached hydrogens (tertiary/aromatic N) is 2. The molecule has 1 heterocycles. The smallest absolute Gasteiger partial charge is 0.249 e. The molecule has 1 N–H and O–H groups in total. The summed E-state index contributed by atoms with van der Waals surface area (Å²) in [6, 6.07) is 4.92. The van der Waals surface area contributed by atoms with Crippen LogP contribution in [-0.4, -0.2) is 64.2 Å². The van der Waals surface area contributed by atoms with Crippen molar-refractivity contribution < 1.29 is 19.1 Å². The van der Waals surface area contributed by atoms with E-state index in [1.54, 1.807) is 49.3 Å². The van der Waals surface area contributed by atoms with E-state index >= 15 is 0 Å². The first-order valence-electron chi connectivity index (χ1n) is 8.38. The SMILES string of the molecule is CNCC(C)C(=O)N(C)C1CCN(c2cc(OC)cc(OC)c2)C1=O. The van der Waals surface area contributed by atoms with E-state index < -0.39 is 6.04 Å². The van der Waals surface area contributed by atoms with Gasteiger partial charge in [0, 0.05) is 44.3 Å². The maximum Gasteiger partial charge on any atom is 0.249 e. The van der Waals surface area contributed by atoms with Gasteiger partial charge in [-0.1, -0.05) is 6.92 Å². The maximum absolute atomic E-state index is 12.9. The standard InChI is InChI=1S/C18H27N3O4/c1-12(11-19-2)17(22)20(3)16-6-7-21(18(16)23)13-8-14(24-4)10-15(9-13)25-5/h8-10,12,16,19H,6-7,11H2,1-5H3. The number of hydrogen-bond donors (Lipinski definition) is 1. The van der Waals surface area contributed by atoms with E-state index in [2.05, 4.69) is 5.32 Å². The summed E-state index contributed by atoms with van der Waals surface area (Å²) in [4.78, 5) is 28.6. The lowest BCUT2D eigenvalue weighted by Gasteiger charge is -2.26. The van der Waals surface area contributed by atoms with Crippen LogP contribution in [0.4, 0.5) is 5.69 Å². The van der Waals surface area contributed by atoms with E-state index in [-0.39, 0.29) is 17.7 Å². The van der Waals surface area contributed by atoms with E-state index in [1.807, 2.05) is 14.0 Å². The normalized spacial score (nSPS) is 18.2. The highest BCUT2D eigenvalue weighted by molar-refractivity contribution is 6.01. The Balaban J connectivity index is 2.17. The lowest BCUT2D eigenvalue weighted by Crippen LogP contribution is -2.46. The number of methoxy groups -OCH3 is 2. The van der Waals surface area contributed by atoms with Gasteiger partial charge in [0.15, 0.2) is 0 Å². The van der Waals surface area contributed by atoms with Crippen LogP contribution < -0.4 is 19.7 Å². The zero-order valence-corrected chi connectivity index (χ0v) is 15.5. The molecule has 7 nitrogen and oxygen atoms in total. The fraction of sp³-hybridized carbons (Fsp3) is 0.556. The number of carbonyl (C=O) groups excluding carboxylic acids is 2. The van der Waals surface area contributed by atoms with Gasteiger partial charge >= 0.3 is 0 Å². The predicted octanol–water partition coefficient (Wildman–Crippen LogP) is 1.12. The monoisotopic (exact) mass is 349 g/mol. The molecule has 0 aromatic heterocycles. The predicted molar refractivity (Wildman–Crippen MR) is 96.2 cm³/mol. The minimum atomic E-state index is -0.441. The van der Waals surface area contributed by atoms with Crippen molar-refractivity contribution in [3.05, 3.63) is 18.2 Å². The third-order valence-electron chi connectivity index (χ3n) is 4.57. The van der Waals surface area contributed by atoms with Gasteiger partial charge in [0.2, 0.25) is 11.8 Å². The molecule has 7 heteroatoms. The Morgan fingerprint density at radius 2 is 1.92 bits per heavy atom. The molecule has 1 saturated heterocycles. The maximum atomic E-state index is 12.9. The molecule has 0 aliphatic carbocycles. The van der Waals surface area contributed by atoms with Gasteiger partial charge in [0.1, 0.15) is 17.5 Å². The van der Waals surface area contributed by atoms with E-state index in [9.17, 15) is 9.59 Å². The Morgan fingerprint density at radius 1 is 1.32 bits per heavy atom. The molecule has 2 amide bonds. The Morgan fingerprint density at radius 3 is 2.44 bits per heavy atom. The second-order valence-electron chi connectivity index (χ2n) is 6.27. The number of likely N-dealkylation sites (N-methyl/N-ethyl adjacent to an activating group) is 1. The average Bonchev–Trinajstić information content (AvgIpc) is 3.01. The van der Waals surface area contributed by atoms with Crippen molar-refractivity contribution >= 4 is 17.5 Å². The van der Waals surface area contributed by atoms with Gasteiger partial charge < -0.3 is 24.6 Å². The van der Waals surface area contributed by atoms with Gasteiger partial charge in [-0.05, 0) is 13.5 Å². The quantitative estimate of drug-likeness (QED) is 0.799. The fourth-order valence-corrected chi connectivity index (χ4v) is 3.12. The number of ether oxygens (including phenoxy) is 2. The number of amides is 2. The highest BCUT2D eigenvalue weighted by Gasteiger charge is 2.38. The van der Waals surface area contributed by atoms with E-state index in [0.717, 1.165) is 0 Å². The van der Waals surface area contributed by atoms with Crippen LogP contribution >= 0.6 is 0 Å². The summed E-state index contributed by atoms with van der Waals surface area (Å²) in [5.41, 5.74) is 0.716. The van der Waals surface area contributed by atoms with Crippen LogP contribution in [0.2, 0.25) is 0 Å². The molecule has 0 bridgehead atoms. The number of hydrogen-bond acceptors (Lipinski definition) is 5. The first-order chi connectivity index (χ1) is 11.9. The highest BCUT2D eigenvalue weighted by Crippen LogP contribution is 2.32. The van der Waals surface area contributed by atoms with Gasteiger partial charge in [-0.3, -0.25) is 9.59 Å². The number of nitrogens with one attached hydrogen (secondary N) is 1. The number of anilines is 1. The molecular weight excluding hydrogens is 322 g/mol. The molecule has 2 unspecified atom stereocenters. The van der Waals surface area contributed by atoms with Crippen LogP contribution in [0.25, 0.3) is 0 Å². The van der Waals surface area contributed by atoms with E-state index in [4.69, 9.17) is 9.47 Å². The largest absolute Gasteiger partial charge is 0.497 e. The topological polar surface area (TPSA) is 71.1 Å². The average molecular weight is 349 g/mol. The van der Waals surface area contributed by atoms with Crippen molar-refractivity contribution in [3.8, 4) is 11.5 Å². The third-order valence-corrected chi connectivity index (χ3v) is 4.57. The third kappa shape index (κ3) is 4.04. The Hall–Kier alpha value is -2.28. The molecule has 1 aromatic rings. The zero-order valence-electron chi connectivity index (χ0n) is 15.5. The summed E-state index contributed by atoms with van der Waals surface area (Å²) in [5.74, 6) is 0.963. The van der Waals surface area contributed by atoms with Crippen LogP contribution in [0, 0.1) is 5.92 Å². The second-order valence-corrected chi connectivity index (χ2v) is 6.27. The molecule has 1 fully saturated rings. The van der Waals surface area contributed by atoms with Gasteiger partial charge in [-0.25, -0.2) is 0 Å². The molecule has 2 atom stereocenters. The molecule has 2 rings (SSSR count). The second kappa shape index (κ2) is 8.20. The van der Waals surface area contributed by atoms with Crippen molar-refractivity contribution in [2.75, 3.05) is 46.3 Å². The summed E-state index contributed by atoms with van der Waals surface area (Å²) >= 11 is 0. The van der Waals surface area contributed by atoms with Crippen molar-refractivity contribution in [1.29, 1.82) is 0 Å². The van der Waals surface area contributed by atoms with Gasteiger partial charge in [-0.2, -0.15) is 0 Å². The summed E-state index contributed by atoms with van der Waals surface area (Å²) in [7, 11) is 6.65. The van der Waals surface area contributed by atoms with E-state index in [1.165, 1.54) is 0 Å². The summed E-state index contributed by atoms with van der Waals surface area (Å²) in [5, 5.41) is 2.99. The van der Waals surface area contributed by atoms with Gasteiger partial charge in [-0.15, -0.1) is 0 Å². The summed E-state index contributed by atoms with van der Waals surface area (Å²) < 4.78 is 10.5. The lowest BCUT2D eigenvalue weighted by atomic mass is 10.1. The Kier molecular flexibility index (Phi) is 6.25. The first-order valence-corrected chi connectivity index (χ1v) is 8.38. The first kappa shape index (κ1) is 19.1. The van der Waals surface area contributed by atoms with Crippen LogP contribution in [0.1, 0.15) is 13.3 Å². The molecule has 1 aliphatic rings. The van der Waals surface area contributed by atoms with Crippen molar-refractivity contribution in [2.45, 2.75) is 19.4 Å². The minimum Gasteiger partial charge on any atom is -0.497 e. The van der Waals surface area contributed by atoms with Gasteiger partial charge in [0.25, 0.3) is 0 Å². The Labute approximate surface area is 148 Å². The molecule has 1 aliphatic heterocycles. The fourth-order valence-electron chi connectivity index (χ4n) is 3.12. The summed E-state index contributed by atoms with van der Waals surface area (Å²) in [6.45, 7) is 3.00. The van der Waals surface area contributed by atoms with Gasteiger partial charge in [0.05, 0.1) is 19.9 Å². The molecule has 0 saturated carbocycles. The molecular formula is C18H27N3O4. The molecule has 25 heavy (non-hydrogen) atoms. The Bertz CT molecular complexity index is 612. The van der Waals surface area contributed by atoms with Crippen LogP contribution in [-0.2, 0) is 9.59 Å². The van der Waals surface area contributed by atoms with Crippen molar-refractivity contribution in [1.82, 2.24) is 10.2 Å². The minimum absolute atomic E-state index is 0.0298.